The smallest absolute Gasteiger partial charge is 0.277 e. The number of benzene rings is 2. The summed E-state index contributed by atoms with van der Waals surface area (Å²) in [6.45, 7) is 5.53. The molecule has 0 radical (unpaired) electrons. The number of nitrogens with one attached hydrogen (secondary N) is 1. The van der Waals surface area contributed by atoms with E-state index in [9.17, 15) is 13.2 Å². The largest absolute Gasteiger partial charge is 0.497 e. The number of likely N-dealkylation sites (N-methyl/N-ethyl adjacent to an activating group) is 1. The summed E-state index contributed by atoms with van der Waals surface area (Å²) in [6, 6.07) is 15.0. The van der Waals surface area contributed by atoms with Gasteiger partial charge in [-0.25, -0.2) is 13.1 Å². The molecule has 0 saturated heterocycles. The van der Waals surface area contributed by atoms with Crippen LogP contribution in [0.1, 0.15) is 35.5 Å². The summed E-state index contributed by atoms with van der Waals surface area (Å²) in [6.07, 6.45) is 1.52. The van der Waals surface area contributed by atoms with E-state index < -0.39 is 9.84 Å². The maximum atomic E-state index is 13.7. The van der Waals surface area contributed by atoms with Crippen molar-refractivity contribution < 1.29 is 17.9 Å². The van der Waals surface area contributed by atoms with Gasteiger partial charge in [0.15, 0.2) is 14.9 Å². The van der Waals surface area contributed by atoms with Crippen molar-refractivity contribution in [2.45, 2.75) is 30.7 Å². The van der Waals surface area contributed by atoms with Crippen LogP contribution in [0.2, 0.25) is 0 Å². The Labute approximate surface area is 200 Å². The summed E-state index contributed by atoms with van der Waals surface area (Å²) >= 11 is 0. The van der Waals surface area contributed by atoms with Crippen LogP contribution in [0.15, 0.2) is 53.6 Å². The second kappa shape index (κ2) is 8.88. The molecule has 34 heavy (non-hydrogen) atoms. The standard InChI is InChI=1S/C25H30N4O4S/c1-25(2,16-26-3)17-6-8-18(9-7-17)28-15-14-21-22(24(28)30)29(27-23(21)34(5,31)32)19-10-12-20(33-4)13-11-19/h6-13,26H,14-16H2,1-5H3. The molecule has 1 N–H and O–H groups in total. The quantitative estimate of drug-likeness (QED) is 0.557. The summed E-state index contributed by atoms with van der Waals surface area (Å²) < 4.78 is 31.6. The predicted octanol–water partition coefficient (Wildman–Crippen LogP) is 2.98. The normalized spacial score (nSPS) is 14.3. The van der Waals surface area contributed by atoms with E-state index in [0.717, 1.165) is 18.5 Å². The number of hydrogen-bond acceptors (Lipinski definition) is 6. The van der Waals surface area contributed by atoms with Crippen LogP contribution in [0.25, 0.3) is 5.69 Å². The number of sulfone groups is 1. The first kappa shape index (κ1) is 24.0. The minimum atomic E-state index is -3.61. The first-order valence-electron chi connectivity index (χ1n) is 11.1. The minimum Gasteiger partial charge on any atom is -0.497 e. The molecule has 4 rings (SSSR count). The Morgan fingerprint density at radius 3 is 2.24 bits per heavy atom. The third-order valence-corrected chi connectivity index (χ3v) is 7.26. The molecule has 2 aromatic carbocycles. The number of amides is 1. The maximum Gasteiger partial charge on any atom is 0.277 e. The highest BCUT2D eigenvalue weighted by Gasteiger charge is 2.36. The lowest BCUT2D eigenvalue weighted by Crippen LogP contribution is -2.39. The number of methoxy groups -OCH3 is 1. The summed E-state index contributed by atoms with van der Waals surface area (Å²) in [5, 5.41) is 7.54. The molecule has 1 aromatic heterocycles. The highest BCUT2D eigenvalue weighted by Crippen LogP contribution is 2.32. The van der Waals surface area contributed by atoms with Crippen molar-refractivity contribution in [3.8, 4) is 11.4 Å². The van der Waals surface area contributed by atoms with Gasteiger partial charge in [0, 0.05) is 36.0 Å². The van der Waals surface area contributed by atoms with Gasteiger partial charge in [0.2, 0.25) is 0 Å². The SMILES string of the molecule is CNCC(C)(C)c1ccc(N2CCc3c(S(C)(=O)=O)nn(-c4ccc(OC)cc4)c3C2=O)cc1. The van der Waals surface area contributed by atoms with Gasteiger partial charge in [0.1, 0.15) is 11.4 Å². The molecule has 0 aliphatic carbocycles. The fourth-order valence-corrected chi connectivity index (χ4v) is 5.30. The Bertz CT molecular complexity index is 1310. The summed E-state index contributed by atoms with van der Waals surface area (Å²) in [5.41, 5.74) is 3.21. The van der Waals surface area contributed by atoms with Crippen LogP contribution >= 0.6 is 0 Å². The van der Waals surface area contributed by atoms with Crippen molar-refractivity contribution in [2.24, 2.45) is 0 Å². The lowest BCUT2D eigenvalue weighted by Gasteiger charge is -2.29. The van der Waals surface area contributed by atoms with Gasteiger partial charge in [-0.15, -0.1) is 0 Å². The average molecular weight is 483 g/mol. The first-order valence-corrected chi connectivity index (χ1v) is 13.0. The van der Waals surface area contributed by atoms with E-state index in [1.165, 1.54) is 10.2 Å². The lowest BCUT2D eigenvalue weighted by atomic mass is 9.84. The van der Waals surface area contributed by atoms with Crippen LogP contribution in [0, 0.1) is 0 Å². The van der Waals surface area contributed by atoms with E-state index in [0.29, 0.717) is 30.0 Å². The molecule has 0 unspecified atom stereocenters. The lowest BCUT2D eigenvalue weighted by molar-refractivity contribution is 0.0973. The number of anilines is 1. The summed E-state index contributed by atoms with van der Waals surface area (Å²) in [5.74, 6) is 0.379. The Morgan fingerprint density at radius 1 is 1.06 bits per heavy atom. The zero-order valence-corrected chi connectivity index (χ0v) is 20.9. The van der Waals surface area contributed by atoms with Gasteiger partial charge in [-0.3, -0.25) is 4.79 Å². The van der Waals surface area contributed by atoms with Crippen LogP contribution in [0.5, 0.6) is 5.75 Å². The highest BCUT2D eigenvalue weighted by atomic mass is 32.2. The number of carbonyl (C=O) groups is 1. The molecule has 180 valence electrons. The number of aromatic nitrogens is 2. The molecule has 8 nitrogen and oxygen atoms in total. The van der Waals surface area contributed by atoms with Crippen molar-refractivity contribution in [3.05, 3.63) is 65.4 Å². The highest BCUT2D eigenvalue weighted by molar-refractivity contribution is 7.90. The van der Waals surface area contributed by atoms with E-state index in [-0.39, 0.29) is 22.0 Å². The number of fused-ring (bicyclic) bond motifs is 1. The third-order valence-electron chi connectivity index (χ3n) is 6.23. The molecule has 0 atom stereocenters. The van der Waals surface area contributed by atoms with Crippen LogP contribution in [0.4, 0.5) is 5.69 Å². The zero-order chi connectivity index (χ0) is 24.7. The van der Waals surface area contributed by atoms with Crippen molar-refractivity contribution in [1.29, 1.82) is 0 Å². The fraction of sp³-hybridized carbons (Fsp3) is 0.360. The topological polar surface area (TPSA) is 93.5 Å². The summed E-state index contributed by atoms with van der Waals surface area (Å²) in [7, 11) is -0.115. The van der Waals surface area contributed by atoms with Crippen molar-refractivity contribution in [1.82, 2.24) is 15.1 Å². The Balaban J connectivity index is 1.76. The van der Waals surface area contributed by atoms with Gasteiger partial charge < -0.3 is 15.0 Å². The Hall–Kier alpha value is -3.17. The maximum absolute atomic E-state index is 13.7. The van der Waals surface area contributed by atoms with E-state index in [4.69, 9.17) is 4.74 Å². The first-order chi connectivity index (χ1) is 16.1. The minimum absolute atomic E-state index is 0.0459. The van der Waals surface area contributed by atoms with Crippen molar-refractivity contribution in [2.75, 3.05) is 38.4 Å². The fourth-order valence-electron chi connectivity index (χ4n) is 4.42. The molecule has 1 amide bonds. The van der Waals surface area contributed by atoms with Gasteiger partial charge >= 0.3 is 0 Å². The molecule has 2 heterocycles. The van der Waals surface area contributed by atoms with Gasteiger partial charge in [-0.1, -0.05) is 26.0 Å². The number of hydrogen-bond donors (Lipinski definition) is 1. The van der Waals surface area contributed by atoms with Gasteiger partial charge in [0.25, 0.3) is 5.91 Å². The van der Waals surface area contributed by atoms with E-state index in [1.54, 1.807) is 36.3 Å². The average Bonchev–Trinajstić information content (AvgIpc) is 3.21. The predicted molar refractivity (Wildman–Crippen MR) is 132 cm³/mol. The molecule has 0 fully saturated rings. The van der Waals surface area contributed by atoms with Gasteiger partial charge in [-0.05, 0) is 55.4 Å². The molecular formula is C25H30N4O4S. The molecule has 0 saturated carbocycles. The van der Waals surface area contributed by atoms with Gasteiger partial charge in [0.05, 0.1) is 12.8 Å². The number of nitrogens with zero attached hydrogens (tertiary/aromatic N) is 3. The van der Waals surface area contributed by atoms with Crippen molar-refractivity contribution >= 4 is 21.4 Å². The van der Waals surface area contributed by atoms with Crippen molar-refractivity contribution in [3.63, 3.8) is 0 Å². The Kier molecular flexibility index (Phi) is 6.26. The molecular weight excluding hydrogens is 452 g/mol. The van der Waals surface area contributed by atoms with E-state index in [1.807, 2.05) is 31.3 Å². The monoisotopic (exact) mass is 482 g/mol. The molecule has 0 bridgehead atoms. The molecule has 1 aliphatic rings. The number of rotatable bonds is 7. The molecule has 0 spiro atoms. The van der Waals surface area contributed by atoms with Crippen LogP contribution in [-0.4, -0.2) is 57.6 Å². The molecule has 1 aliphatic heterocycles. The number of carbonyl (C=O) groups excluding carboxylic acids is 1. The third kappa shape index (κ3) is 4.33. The van der Waals surface area contributed by atoms with E-state index in [2.05, 4.69) is 24.3 Å². The van der Waals surface area contributed by atoms with Crippen LogP contribution < -0.4 is 15.0 Å². The van der Waals surface area contributed by atoms with Crippen LogP contribution in [0.3, 0.4) is 0 Å². The second-order valence-corrected chi connectivity index (χ2v) is 11.1. The van der Waals surface area contributed by atoms with Crippen LogP contribution in [-0.2, 0) is 21.7 Å². The number of ether oxygens (including phenoxy) is 1. The zero-order valence-electron chi connectivity index (χ0n) is 20.1. The second-order valence-electron chi connectivity index (χ2n) is 9.18. The molecule has 9 heteroatoms. The van der Waals surface area contributed by atoms with E-state index >= 15 is 0 Å². The Morgan fingerprint density at radius 2 is 1.68 bits per heavy atom. The summed E-state index contributed by atoms with van der Waals surface area (Å²) in [4.78, 5) is 15.4. The molecule has 3 aromatic rings. The van der Waals surface area contributed by atoms with Gasteiger partial charge in [-0.2, -0.15) is 5.10 Å².